The van der Waals surface area contributed by atoms with Crippen LogP contribution in [0.15, 0.2) is 0 Å². The number of amides is 1. The number of nitrogens with zero attached hydrogens (tertiary/aromatic N) is 3. The summed E-state index contributed by atoms with van der Waals surface area (Å²) >= 11 is 0. The van der Waals surface area contributed by atoms with Crippen LogP contribution < -0.4 is 0 Å². The molecule has 0 unspecified atom stereocenters. The summed E-state index contributed by atoms with van der Waals surface area (Å²) in [5.74, 6) is 0.119. The fourth-order valence-electron chi connectivity index (χ4n) is 3.22. The van der Waals surface area contributed by atoms with Crippen LogP contribution in [0.2, 0.25) is 0 Å². The Bertz CT molecular complexity index is 392. The number of hydrogen-bond donors (Lipinski definition) is 1. The fourth-order valence-corrected chi connectivity index (χ4v) is 3.22. The van der Waals surface area contributed by atoms with Crippen LogP contribution >= 0.6 is 0 Å². The molecule has 2 atom stereocenters. The van der Waals surface area contributed by atoms with Gasteiger partial charge in [0.05, 0.1) is 6.04 Å². The maximum atomic E-state index is 12.5. The number of carbonyl (C=O) groups is 1. The Morgan fingerprint density at radius 2 is 1.61 bits per heavy atom. The standard InChI is InChI=1S/C15H26F3N3O2/c1-12(14(23)21-5-3-2-4-6-21)20-9-7-19(8-10-20)11-13(22)15(16,17)18/h12-13,22H,2-11H2,1H3/t12-,13-/m1/s1. The van der Waals surface area contributed by atoms with Gasteiger partial charge in [-0.15, -0.1) is 0 Å². The molecule has 0 radical (unpaired) electrons. The van der Waals surface area contributed by atoms with Crippen molar-refractivity contribution >= 4 is 5.91 Å². The minimum atomic E-state index is -4.57. The van der Waals surface area contributed by atoms with Crippen LogP contribution in [0.1, 0.15) is 26.2 Å². The van der Waals surface area contributed by atoms with Crippen molar-refractivity contribution in [1.82, 2.24) is 14.7 Å². The molecular weight excluding hydrogens is 311 g/mol. The number of piperazine rings is 1. The van der Waals surface area contributed by atoms with Crippen LogP contribution in [-0.2, 0) is 4.79 Å². The van der Waals surface area contributed by atoms with Gasteiger partial charge in [-0.05, 0) is 26.2 Å². The smallest absolute Gasteiger partial charge is 0.382 e. The summed E-state index contributed by atoms with van der Waals surface area (Å²) in [7, 11) is 0. The average molecular weight is 337 g/mol. The minimum absolute atomic E-state index is 0.119. The van der Waals surface area contributed by atoms with Crippen molar-refractivity contribution in [3.63, 3.8) is 0 Å². The lowest BCUT2D eigenvalue weighted by Crippen LogP contribution is -2.56. The molecule has 0 aromatic carbocycles. The molecule has 8 heteroatoms. The summed E-state index contributed by atoms with van der Waals surface area (Å²) < 4.78 is 37.2. The molecule has 2 heterocycles. The maximum absolute atomic E-state index is 12.5. The van der Waals surface area contributed by atoms with E-state index in [-0.39, 0.29) is 11.9 Å². The summed E-state index contributed by atoms with van der Waals surface area (Å²) in [6.07, 6.45) is -3.63. The number of hydrogen-bond acceptors (Lipinski definition) is 4. The normalized spacial score (nSPS) is 24.5. The molecule has 0 spiro atoms. The van der Waals surface area contributed by atoms with Crippen molar-refractivity contribution < 1.29 is 23.1 Å². The van der Waals surface area contributed by atoms with E-state index in [0.717, 1.165) is 25.9 Å². The first kappa shape index (κ1) is 18.5. The highest BCUT2D eigenvalue weighted by molar-refractivity contribution is 5.81. The van der Waals surface area contributed by atoms with Crippen LogP contribution in [0.4, 0.5) is 13.2 Å². The lowest BCUT2D eigenvalue weighted by atomic mass is 10.1. The van der Waals surface area contributed by atoms with Gasteiger partial charge in [-0.1, -0.05) is 0 Å². The molecule has 0 saturated carbocycles. The highest BCUT2D eigenvalue weighted by Crippen LogP contribution is 2.21. The lowest BCUT2D eigenvalue weighted by Gasteiger charge is -2.40. The summed E-state index contributed by atoms with van der Waals surface area (Å²) in [5.41, 5.74) is 0. The van der Waals surface area contributed by atoms with Gasteiger partial charge < -0.3 is 10.0 Å². The van der Waals surface area contributed by atoms with Crippen molar-refractivity contribution in [2.45, 2.75) is 44.5 Å². The molecule has 2 rings (SSSR count). The molecule has 2 aliphatic heterocycles. The molecule has 2 saturated heterocycles. The Kier molecular flexibility index (Phi) is 6.27. The Hall–Kier alpha value is -0.860. The van der Waals surface area contributed by atoms with E-state index in [1.165, 1.54) is 6.42 Å². The van der Waals surface area contributed by atoms with Crippen LogP contribution in [0.25, 0.3) is 0 Å². The second kappa shape index (κ2) is 7.81. The first-order valence-corrected chi connectivity index (χ1v) is 8.29. The van der Waals surface area contributed by atoms with Crippen LogP contribution in [-0.4, -0.2) is 89.8 Å². The zero-order valence-corrected chi connectivity index (χ0v) is 13.6. The molecular formula is C15H26F3N3O2. The molecule has 23 heavy (non-hydrogen) atoms. The molecule has 2 fully saturated rings. The van der Waals surface area contributed by atoms with Crippen molar-refractivity contribution in [3.05, 3.63) is 0 Å². The Morgan fingerprint density at radius 1 is 1.04 bits per heavy atom. The molecule has 0 aliphatic carbocycles. The third kappa shape index (κ3) is 5.06. The summed E-state index contributed by atoms with van der Waals surface area (Å²) in [5, 5.41) is 9.13. The predicted octanol–water partition coefficient (Wildman–Crippen LogP) is 0.928. The van der Waals surface area contributed by atoms with Gasteiger partial charge in [-0.3, -0.25) is 14.6 Å². The lowest BCUT2D eigenvalue weighted by molar-refractivity contribution is -0.209. The van der Waals surface area contributed by atoms with E-state index in [1.807, 2.05) is 16.7 Å². The predicted molar refractivity (Wildman–Crippen MR) is 80.0 cm³/mol. The Morgan fingerprint density at radius 3 is 2.13 bits per heavy atom. The zero-order chi connectivity index (χ0) is 17.0. The number of rotatable bonds is 4. The van der Waals surface area contributed by atoms with E-state index in [0.29, 0.717) is 26.2 Å². The van der Waals surface area contributed by atoms with Gasteiger partial charge in [0.1, 0.15) is 0 Å². The molecule has 0 aromatic heterocycles. The zero-order valence-electron chi connectivity index (χ0n) is 13.6. The Balaban J connectivity index is 1.78. The second-order valence-corrected chi connectivity index (χ2v) is 6.46. The van der Waals surface area contributed by atoms with Gasteiger partial charge in [0.2, 0.25) is 5.91 Å². The number of aliphatic hydroxyl groups excluding tert-OH is 1. The van der Waals surface area contributed by atoms with Gasteiger partial charge in [0.25, 0.3) is 0 Å². The average Bonchev–Trinajstić information content (AvgIpc) is 2.54. The van der Waals surface area contributed by atoms with E-state index in [1.54, 1.807) is 4.90 Å². The third-order valence-electron chi connectivity index (χ3n) is 4.79. The highest BCUT2D eigenvalue weighted by Gasteiger charge is 2.40. The van der Waals surface area contributed by atoms with Gasteiger partial charge in [0, 0.05) is 45.8 Å². The highest BCUT2D eigenvalue weighted by atomic mass is 19.4. The molecule has 134 valence electrons. The molecule has 1 amide bonds. The monoisotopic (exact) mass is 337 g/mol. The van der Waals surface area contributed by atoms with E-state index >= 15 is 0 Å². The number of β-amino-alcohol motifs (C(OH)–C–C–N with tert-alkyl or cyclic N) is 1. The molecule has 0 aromatic rings. The van der Waals surface area contributed by atoms with Gasteiger partial charge in [0.15, 0.2) is 6.10 Å². The molecule has 0 bridgehead atoms. The van der Waals surface area contributed by atoms with Crippen LogP contribution in [0, 0.1) is 0 Å². The first-order valence-electron chi connectivity index (χ1n) is 8.29. The fraction of sp³-hybridized carbons (Fsp3) is 0.933. The SMILES string of the molecule is C[C@H](C(=O)N1CCCCC1)N1CCN(C[C@@H](O)C(F)(F)F)CC1. The van der Waals surface area contributed by atoms with Crippen LogP contribution in [0.5, 0.6) is 0 Å². The number of likely N-dealkylation sites (tertiary alicyclic amines) is 1. The molecule has 5 nitrogen and oxygen atoms in total. The summed E-state index contributed by atoms with van der Waals surface area (Å²) in [4.78, 5) is 18.0. The van der Waals surface area contributed by atoms with Gasteiger partial charge in [-0.2, -0.15) is 13.2 Å². The van der Waals surface area contributed by atoms with E-state index in [9.17, 15) is 18.0 Å². The first-order chi connectivity index (χ1) is 10.8. The topological polar surface area (TPSA) is 47.0 Å². The molecule has 1 N–H and O–H groups in total. The van der Waals surface area contributed by atoms with E-state index in [4.69, 9.17) is 5.11 Å². The van der Waals surface area contributed by atoms with Gasteiger partial charge >= 0.3 is 6.18 Å². The molecule has 2 aliphatic rings. The number of carbonyl (C=O) groups excluding carboxylic acids is 1. The van der Waals surface area contributed by atoms with Crippen molar-refractivity contribution in [2.24, 2.45) is 0 Å². The summed E-state index contributed by atoms with van der Waals surface area (Å²) in [6, 6.07) is -0.234. The quantitative estimate of drug-likeness (QED) is 0.829. The largest absolute Gasteiger partial charge is 0.415 e. The van der Waals surface area contributed by atoms with Crippen LogP contribution in [0.3, 0.4) is 0 Å². The Labute approximate surface area is 135 Å². The number of piperidine rings is 1. The van der Waals surface area contributed by atoms with Crippen molar-refractivity contribution in [3.8, 4) is 0 Å². The van der Waals surface area contributed by atoms with Crippen molar-refractivity contribution in [1.29, 1.82) is 0 Å². The number of alkyl halides is 3. The van der Waals surface area contributed by atoms with E-state index < -0.39 is 18.8 Å². The number of aliphatic hydroxyl groups is 1. The van der Waals surface area contributed by atoms with Gasteiger partial charge in [-0.25, -0.2) is 0 Å². The minimum Gasteiger partial charge on any atom is -0.382 e. The number of halogens is 3. The maximum Gasteiger partial charge on any atom is 0.415 e. The summed E-state index contributed by atoms with van der Waals surface area (Å²) in [6.45, 7) is 5.05. The third-order valence-corrected chi connectivity index (χ3v) is 4.79. The van der Waals surface area contributed by atoms with Crippen molar-refractivity contribution in [2.75, 3.05) is 45.8 Å². The van der Waals surface area contributed by atoms with E-state index in [2.05, 4.69) is 0 Å². The second-order valence-electron chi connectivity index (χ2n) is 6.46.